The summed E-state index contributed by atoms with van der Waals surface area (Å²) in [6.45, 7) is 3.76. The van der Waals surface area contributed by atoms with Crippen LogP contribution in [0.25, 0.3) is 10.8 Å². The third kappa shape index (κ3) is 34.0. The zero-order valence-corrected chi connectivity index (χ0v) is 72.2. The van der Waals surface area contributed by atoms with Gasteiger partial charge >= 0.3 is 29.8 Å². The number of anilines is 1. The molecule has 0 bridgehead atoms. The van der Waals surface area contributed by atoms with Crippen LogP contribution in [0.5, 0.6) is 5.75 Å². The molecule has 0 spiro atoms. The highest BCUT2D eigenvalue weighted by atomic mass is 32.2. The molecule has 2 heterocycles. The topological polar surface area (TPSA) is 726 Å². The maximum Gasteiger partial charge on any atom is 0.305 e. The molecule has 0 unspecified atom stereocenters. The number of carboxylic acids is 5. The number of phenols is 1. The number of carbonyl (C=O) groups excluding carboxylic acids is 14. The van der Waals surface area contributed by atoms with E-state index in [-0.39, 0.29) is 97.7 Å². The summed E-state index contributed by atoms with van der Waals surface area (Å²) in [4.78, 5) is 265. The minimum Gasteiger partial charge on any atom is -0.508 e. The number of hydrogen-bond donors (Lipinski definition) is 23. The number of likely N-dealkylation sites (tertiary alicyclic amines) is 1. The standard InChI is InChI=1S/C78H107N17O29S3/c1-39(2)31-55(78(121)94-28-8-12-59(94)76(119)90-52(32-42-14-16-44(98)17-15-42)71(114)88-51(21-25-64(105)106)77(120)95(29-27-79)58-11-6-10-46-45(58)9-7-13-60(46)127(122,123)124)91-72(115)53(33-43-35-80-38-81-43)89-74(117)56(36-96)92-66(109)40(3)82-75(118)57(37-125)93-69(112)49(20-24-63(103)104)84-67(110)47(18-22-61(99)100)85-70(113)50(26-30-126-5)87-68(111)48(19-23-62(101)102)86-73(116)54(34-65(107)108)83-41(4)97/h6-7,9-11,13-17,35,38-40,47-57,59,96,98,125H,8,12,18-34,36-37,79H2,1-5H3,(H,80,81)(H,82,118)(H,83,97)(H,84,110)(H,85,113)(H,86,116)(H,87,111)(H,88,114)(H,89,117)(H,90,119)(H,91,115)(H,92,109)(H,93,112)(H,99,100)(H,101,102)(H,103,104)(H,105,106)(H,107,108)(H,122,123,124)/t40-,47-,48-,49-,50-,51-,52-,53-,54-,55-,56-,57-,59-/m0/s1. The number of rotatable bonds is 54. The number of aromatic amines is 1. The number of aromatic hydroxyl groups is 1. The third-order valence-corrected chi connectivity index (χ3v) is 21.5. The van der Waals surface area contributed by atoms with E-state index in [9.17, 15) is 135 Å². The Balaban J connectivity index is 1.32. The van der Waals surface area contributed by atoms with Crippen molar-refractivity contribution in [1.29, 1.82) is 0 Å². The number of thioether (sulfide) groups is 1. The minimum absolute atomic E-state index is 0.00164. The first-order chi connectivity index (χ1) is 59.9. The second-order valence-corrected chi connectivity index (χ2v) is 32.7. The number of aromatic nitrogens is 2. The fourth-order valence-corrected chi connectivity index (χ4v) is 14.7. The molecule has 4 aromatic rings. The van der Waals surface area contributed by atoms with Crippen molar-refractivity contribution in [2.45, 2.75) is 207 Å². The van der Waals surface area contributed by atoms with Crippen LogP contribution in [0.4, 0.5) is 5.69 Å². The molecule has 0 aliphatic carbocycles. The van der Waals surface area contributed by atoms with Crippen molar-refractivity contribution in [2.75, 3.05) is 48.9 Å². The Kier molecular flexibility index (Phi) is 42.2. The molecule has 23 N–H and O–H groups in total. The van der Waals surface area contributed by atoms with Crippen molar-refractivity contribution in [1.82, 2.24) is 78.7 Å². The van der Waals surface area contributed by atoms with Crippen LogP contribution in [0.1, 0.15) is 122 Å². The lowest BCUT2D eigenvalue weighted by Gasteiger charge is -2.32. The van der Waals surface area contributed by atoms with E-state index in [0.29, 0.717) is 5.56 Å². The largest absolute Gasteiger partial charge is 0.508 e. The molecule has 1 fully saturated rings. The highest BCUT2D eigenvalue weighted by molar-refractivity contribution is 7.98. The van der Waals surface area contributed by atoms with Gasteiger partial charge in [-0.15, -0.1) is 0 Å². The van der Waals surface area contributed by atoms with Crippen molar-refractivity contribution < 1.29 is 140 Å². The number of nitrogens with two attached hydrogens (primary N) is 1. The molecule has 1 aliphatic heterocycles. The lowest BCUT2D eigenvalue weighted by atomic mass is 10.0. The van der Waals surface area contributed by atoms with Crippen molar-refractivity contribution in [3.05, 3.63) is 84.4 Å². The number of carboxylic acid groups (broad SMARTS) is 5. The smallest absolute Gasteiger partial charge is 0.305 e. The van der Waals surface area contributed by atoms with Crippen LogP contribution in [0, 0.1) is 5.92 Å². The van der Waals surface area contributed by atoms with Crippen LogP contribution in [0.3, 0.4) is 0 Å². The average Bonchev–Trinajstić information content (AvgIpc) is 1.33. The van der Waals surface area contributed by atoms with Gasteiger partial charge in [-0.1, -0.05) is 50.2 Å². The fourth-order valence-electron chi connectivity index (χ4n) is 13.3. The zero-order valence-electron chi connectivity index (χ0n) is 69.7. The van der Waals surface area contributed by atoms with Crippen molar-refractivity contribution in [2.24, 2.45) is 11.7 Å². The number of aliphatic hydroxyl groups excluding tert-OH is 1. The summed E-state index contributed by atoms with van der Waals surface area (Å²) in [6.07, 6.45) is -3.49. The molecule has 696 valence electrons. The monoisotopic (exact) mass is 1840 g/mol. The van der Waals surface area contributed by atoms with Gasteiger partial charge in [0.2, 0.25) is 82.7 Å². The predicted molar refractivity (Wildman–Crippen MR) is 452 cm³/mol. The number of benzene rings is 3. The summed E-state index contributed by atoms with van der Waals surface area (Å²) in [5.74, 6) is -23.7. The first kappa shape index (κ1) is 105. The Morgan fingerprint density at radius 2 is 1.01 bits per heavy atom. The zero-order chi connectivity index (χ0) is 94.7. The van der Waals surface area contributed by atoms with Crippen molar-refractivity contribution >= 4 is 164 Å². The second kappa shape index (κ2) is 51.1. The molecular weight excluding hydrogens is 1740 g/mol. The van der Waals surface area contributed by atoms with E-state index in [1.165, 1.54) is 72.0 Å². The van der Waals surface area contributed by atoms with Gasteiger partial charge in [-0.2, -0.15) is 32.8 Å². The molecule has 5 rings (SSSR count). The van der Waals surface area contributed by atoms with Gasteiger partial charge < -0.3 is 120 Å². The van der Waals surface area contributed by atoms with Crippen LogP contribution in [-0.4, -0.2) is 299 Å². The van der Waals surface area contributed by atoms with Gasteiger partial charge in [0.1, 0.15) is 89.2 Å². The summed E-state index contributed by atoms with van der Waals surface area (Å²) in [5.41, 5.74) is 6.65. The van der Waals surface area contributed by atoms with Crippen LogP contribution < -0.4 is 74.4 Å². The molecule has 13 atom stereocenters. The number of hydrogen-bond acceptors (Lipinski definition) is 27. The number of H-pyrrole nitrogens is 1. The maximum absolute atomic E-state index is 15.0. The Hall–Kier alpha value is -12.6. The highest BCUT2D eigenvalue weighted by Gasteiger charge is 2.43. The number of aliphatic hydroxyl groups is 1. The molecule has 1 aromatic heterocycles. The molecule has 3 aromatic carbocycles. The normalized spacial score (nSPS) is 15.3. The first-order valence-corrected chi connectivity index (χ1v) is 43.3. The van der Waals surface area contributed by atoms with Crippen LogP contribution in [0.15, 0.2) is 78.1 Å². The number of imidazole rings is 1. The summed E-state index contributed by atoms with van der Waals surface area (Å²) >= 11 is 5.30. The molecule has 46 nitrogen and oxygen atoms in total. The third-order valence-electron chi connectivity index (χ3n) is 19.6. The number of nitrogens with one attached hydrogen (secondary N) is 13. The molecule has 1 saturated heterocycles. The molecule has 0 saturated carbocycles. The Labute approximate surface area is 736 Å². The Bertz CT molecular complexity index is 4720. The molecule has 127 heavy (non-hydrogen) atoms. The van der Waals surface area contributed by atoms with Crippen molar-refractivity contribution in [3.63, 3.8) is 0 Å². The van der Waals surface area contributed by atoms with Crippen LogP contribution in [0.2, 0.25) is 0 Å². The van der Waals surface area contributed by atoms with Crippen LogP contribution >= 0.6 is 24.4 Å². The SMILES string of the molecule is CSCC[C@H](NC(=O)[C@H](CCC(=O)O)NC(=O)[C@H](CC(=O)O)NC(C)=O)C(=O)N[C@@H](CCC(=O)O)C(=O)N[C@@H](CCC(=O)O)C(=O)N[C@@H](CS)C(=O)N[C@@H](C)C(=O)N[C@@H](CO)C(=O)N[C@@H](Cc1cnc[nH]1)C(=O)N[C@@H](CC(C)C)C(=O)N1CCC[C@H]1C(=O)N[C@@H](Cc1ccc(O)cc1)C(=O)N[C@@H](CCC(=O)O)C(=O)N(CCN)c1cccc2c(S(=O)(=O)O)cccc12. The van der Waals surface area contributed by atoms with Gasteiger partial charge in [-0.05, 0) is 106 Å². The number of phenolic OH excluding ortho intramolecular Hbond substituents is 1. The first-order valence-electron chi connectivity index (χ1n) is 39.9. The number of amides is 14. The van der Waals surface area contributed by atoms with Crippen molar-refractivity contribution in [3.8, 4) is 5.75 Å². The van der Waals surface area contributed by atoms with Gasteiger partial charge in [0.15, 0.2) is 0 Å². The average molecular weight is 1840 g/mol. The predicted octanol–water partition coefficient (Wildman–Crippen LogP) is -4.20. The fraction of sp³-hybridized carbons (Fsp3) is 0.513. The van der Waals surface area contributed by atoms with E-state index in [2.05, 4.69) is 86.4 Å². The van der Waals surface area contributed by atoms with Gasteiger partial charge in [0, 0.05) is 93.5 Å². The lowest BCUT2D eigenvalue weighted by molar-refractivity contribution is -0.143. The van der Waals surface area contributed by atoms with Gasteiger partial charge in [-0.25, -0.2) is 4.98 Å². The number of carbonyl (C=O) groups is 19. The number of nitrogens with zero attached hydrogens (tertiary/aromatic N) is 3. The molecule has 0 radical (unpaired) electrons. The van der Waals surface area contributed by atoms with E-state index in [4.69, 9.17) is 5.73 Å². The van der Waals surface area contributed by atoms with Gasteiger partial charge in [0.25, 0.3) is 10.1 Å². The van der Waals surface area contributed by atoms with E-state index in [1.807, 2.05) is 0 Å². The summed E-state index contributed by atoms with van der Waals surface area (Å²) in [7, 11) is -4.81. The molecule has 49 heteroatoms. The van der Waals surface area contributed by atoms with E-state index in [0.717, 1.165) is 36.6 Å². The summed E-state index contributed by atoms with van der Waals surface area (Å²) in [5, 5.41) is 97.1. The number of aliphatic carboxylic acids is 5. The van der Waals surface area contributed by atoms with Gasteiger partial charge in [0.05, 0.1) is 25.0 Å². The molecule has 1 aliphatic rings. The summed E-state index contributed by atoms with van der Waals surface area (Å²) in [6, 6.07) is -8.55. The highest BCUT2D eigenvalue weighted by Crippen LogP contribution is 2.32. The second-order valence-electron chi connectivity index (χ2n) is 29.9. The van der Waals surface area contributed by atoms with Crippen LogP contribution in [-0.2, 0) is 114 Å². The quantitative estimate of drug-likeness (QED) is 0.0147. The van der Waals surface area contributed by atoms with Gasteiger partial charge in [-0.3, -0.25) is 95.6 Å². The lowest BCUT2D eigenvalue weighted by Crippen LogP contribution is -2.61. The Morgan fingerprint density at radius 1 is 0.551 bits per heavy atom. The molecule has 14 amide bonds. The van der Waals surface area contributed by atoms with E-state index < -0.39 is 276 Å². The minimum atomic E-state index is -4.81. The summed E-state index contributed by atoms with van der Waals surface area (Å²) < 4.78 is 34.9. The Morgan fingerprint density at radius 3 is 1.49 bits per heavy atom. The number of thiol groups is 1. The maximum atomic E-state index is 15.0. The number of fused-ring (bicyclic) bond motifs is 1. The van der Waals surface area contributed by atoms with E-state index >= 15 is 4.79 Å². The van der Waals surface area contributed by atoms with E-state index in [1.54, 1.807) is 20.1 Å². The molecular formula is C78H107N17O29S3.